The summed E-state index contributed by atoms with van der Waals surface area (Å²) in [6, 6.07) is 0. The van der Waals surface area contributed by atoms with Gasteiger partial charge < -0.3 is 15.3 Å². The highest BCUT2D eigenvalue weighted by atomic mass is 32.1. The average molecular weight is 257 g/mol. The minimum absolute atomic E-state index is 0.302. The second-order valence-corrected chi connectivity index (χ2v) is 4.55. The number of hydrogen-bond donors (Lipinski definition) is 1. The number of rotatable bonds is 5. The van der Waals surface area contributed by atoms with Crippen molar-refractivity contribution in [2.24, 2.45) is 5.16 Å². The van der Waals surface area contributed by atoms with Crippen LogP contribution in [0, 0.1) is 0 Å². The van der Waals surface area contributed by atoms with Crippen LogP contribution in [0.2, 0.25) is 0 Å². The Morgan fingerprint density at radius 3 is 2.94 bits per heavy atom. The van der Waals surface area contributed by atoms with Gasteiger partial charge in [-0.15, -0.1) is 11.3 Å². The molecule has 0 aliphatic rings. The Morgan fingerprint density at radius 2 is 2.41 bits per heavy atom. The van der Waals surface area contributed by atoms with Gasteiger partial charge in [-0.1, -0.05) is 5.16 Å². The summed E-state index contributed by atoms with van der Waals surface area (Å²) < 4.78 is 4.66. The van der Waals surface area contributed by atoms with Crippen molar-refractivity contribution >= 4 is 28.7 Å². The molecule has 0 aliphatic heterocycles. The number of aromatic nitrogens is 1. The molecule has 0 spiro atoms. The first-order valence-corrected chi connectivity index (χ1v) is 5.93. The Kier molecular flexibility index (Phi) is 4.45. The van der Waals surface area contributed by atoms with E-state index in [2.05, 4.69) is 14.9 Å². The minimum Gasteiger partial charge on any atom is -0.462 e. The molecule has 1 aromatic rings. The Balaban J connectivity index is 2.58. The lowest BCUT2D eigenvalue weighted by Gasteiger charge is -2.19. The van der Waals surface area contributed by atoms with Crippen molar-refractivity contribution in [3.8, 4) is 0 Å². The van der Waals surface area contributed by atoms with Crippen LogP contribution in [0.4, 0.5) is 5.13 Å². The number of anilines is 1. The number of carbonyl (C=O) groups excluding carboxylic acids is 1. The molecular formula is C10H15N3O3S. The van der Waals surface area contributed by atoms with Crippen molar-refractivity contribution in [1.82, 2.24) is 4.98 Å². The number of carbonyl (C=O) groups is 1. The van der Waals surface area contributed by atoms with Gasteiger partial charge in [0.1, 0.15) is 0 Å². The molecule has 0 atom stereocenters. The fourth-order valence-electron chi connectivity index (χ4n) is 0.992. The topological polar surface area (TPSA) is 86.8 Å². The quantitative estimate of drug-likeness (QED) is 0.491. The average Bonchev–Trinajstić information content (AvgIpc) is 2.65. The predicted octanol–water partition coefficient (Wildman–Crippen LogP) is 1.53. The summed E-state index contributed by atoms with van der Waals surface area (Å²) in [6.45, 7) is 5.58. The van der Waals surface area contributed by atoms with Crippen molar-refractivity contribution in [2.75, 3.05) is 12.3 Å². The van der Waals surface area contributed by atoms with E-state index in [9.17, 15) is 4.79 Å². The van der Waals surface area contributed by atoms with Crippen LogP contribution < -0.4 is 5.73 Å². The summed E-state index contributed by atoms with van der Waals surface area (Å²) >= 11 is 1.32. The Hall–Kier alpha value is -1.63. The van der Waals surface area contributed by atoms with Gasteiger partial charge in [0, 0.05) is 5.38 Å². The fraction of sp³-hybridized carbons (Fsp3) is 0.500. The van der Waals surface area contributed by atoms with Crippen molar-refractivity contribution in [3.05, 3.63) is 11.1 Å². The van der Waals surface area contributed by atoms with E-state index in [0.29, 0.717) is 17.4 Å². The molecule has 7 heteroatoms. The second-order valence-electron chi connectivity index (χ2n) is 3.66. The number of esters is 1. The fourth-order valence-corrected chi connectivity index (χ4v) is 1.71. The molecule has 94 valence electrons. The lowest BCUT2D eigenvalue weighted by Crippen LogP contribution is -2.20. The standard InChI is InChI=1S/C10H15N3O3S/c1-4-15-8(14)5-12-16-10(2,3)7-6-17-9(11)13-7/h5-6H,4H2,1-3H3,(H2,11,13)/b12-5+. The van der Waals surface area contributed by atoms with Gasteiger partial charge in [-0.25, -0.2) is 9.78 Å². The number of nitrogen functional groups attached to an aromatic ring is 1. The molecule has 0 amide bonds. The first-order valence-electron chi connectivity index (χ1n) is 5.05. The van der Waals surface area contributed by atoms with E-state index >= 15 is 0 Å². The molecule has 1 rings (SSSR count). The van der Waals surface area contributed by atoms with Crippen LogP contribution in [0.25, 0.3) is 0 Å². The van der Waals surface area contributed by atoms with Crippen LogP contribution in [0.5, 0.6) is 0 Å². The Bertz CT molecular complexity index is 415. The zero-order valence-electron chi connectivity index (χ0n) is 9.97. The van der Waals surface area contributed by atoms with Gasteiger partial charge >= 0.3 is 5.97 Å². The van der Waals surface area contributed by atoms with Gasteiger partial charge in [0.2, 0.25) is 0 Å². The molecule has 2 N–H and O–H groups in total. The zero-order valence-corrected chi connectivity index (χ0v) is 10.8. The Morgan fingerprint density at radius 1 is 1.71 bits per heavy atom. The molecule has 0 unspecified atom stereocenters. The second kappa shape index (κ2) is 5.62. The number of ether oxygens (including phenoxy) is 1. The van der Waals surface area contributed by atoms with Crippen LogP contribution in [0.3, 0.4) is 0 Å². The third-order valence-electron chi connectivity index (χ3n) is 1.86. The van der Waals surface area contributed by atoms with Crippen LogP contribution in [0.15, 0.2) is 10.5 Å². The molecule has 0 radical (unpaired) electrons. The summed E-state index contributed by atoms with van der Waals surface area (Å²) in [4.78, 5) is 20.3. The van der Waals surface area contributed by atoms with Gasteiger partial charge in [-0.2, -0.15) is 0 Å². The van der Waals surface area contributed by atoms with E-state index < -0.39 is 11.6 Å². The molecule has 0 bridgehead atoms. The third kappa shape index (κ3) is 4.03. The van der Waals surface area contributed by atoms with Gasteiger partial charge in [-0.05, 0) is 20.8 Å². The molecule has 0 saturated carbocycles. The molecule has 0 aliphatic carbocycles. The maximum absolute atomic E-state index is 11.0. The van der Waals surface area contributed by atoms with Crippen molar-refractivity contribution in [3.63, 3.8) is 0 Å². The first kappa shape index (κ1) is 13.4. The number of oxime groups is 1. The van der Waals surface area contributed by atoms with E-state index in [-0.39, 0.29) is 0 Å². The lowest BCUT2D eigenvalue weighted by atomic mass is 10.1. The largest absolute Gasteiger partial charge is 0.462 e. The molecule has 0 saturated heterocycles. The summed E-state index contributed by atoms with van der Waals surface area (Å²) in [5, 5.41) is 5.82. The minimum atomic E-state index is -0.739. The number of nitrogens with zero attached hydrogens (tertiary/aromatic N) is 2. The van der Waals surface area contributed by atoms with E-state index in [1.807, 2.05) is 0 Å². The van der Waals surface area contributed by atoms with E-state index in [1.54, 1.807) is 26.2 Å². The van der Waals surface area contributed by atoms with Crippen LogP contribution in [0.1, 0.15) is 26.5 Å². The highest BCUT2D eigenvalue weighted by Gasteiger charge is 2.25. The highest BCUT2D eigenvalue weighted by Crippen LogP contribution is 2.26. The first-order chi connectivity index (χ1) is 7.95. The zero-order chi connectivity index (χ0) is 12.9. The highest BCUT2D eigenvalue weighted by molar-refractivity contribution is 7.13. The summed E-state index contributed by atoms with van der Waals surface area (Å²) in [5.41, 5.74) is 5.46. The molecule has 6 nitrogen and oxygen atoms in total. The maximum atomic E-state index is 11.0. The van der Waals surface area contributed by atoms with Gasteiger partial charge in [0.05, 0.1) is 12.3 Å². The van der Waals surface area contributed by atoms with Crippen molar-refractivity contribution in [2.45, 2.75) is 26.4 Å². The van der Waals surface area contributed by atoms with Crippen LogP contribution >= 0.6 is 11.3 Å². The van der Waals surface area contributed by atoms with E-state index in [4.69, 9.17) is 10.6 Å². The van der Waals surface area contributed by atoms with Crippen LogP contribution in [-0.2, 0) is 20.0 Å². The van der Waals surface area contributed by atoms with Crippen molar-refractivity contribution in [1.29, 1.82) is 0 Å². The Labute approximate surface area is 103 Å². The van der Waals surface area contributed by atoms with Crippen molar-refractivity contribution < 1.29 is 14.4 Å². The SMILES string of the molecule is CCOC(=O)/C=N/OC(C)(C)c1csc(N)n1. The molecular weight excluding hydrogens is 242 g/mol. The van der Waals surface area contributed by atoms with Gasteiger partial charge in [-0.3, -0.25) is 0 Å². The van der Waals surface area contributed by atoms with Gasteiger partial charge in [0.25, 0.3) is 0 Å². The number of nitrogens with two attached hydrogens (primary N) is 1. The predicted molar refractivity (Wildman–Crippen MR) is 65.8 cm³/mol. The number of hydrogen-bond acceptors (Lipinski definition) is 7. The smallest absolute Gasteiger partial charge is 0.352 e. The summed E-state index contributed by atoms with van der Waals surface area (Å²) in [7, 11) is 0. The lowest BCUT2D eigenvalue weighted by molar-refractivity contribution is -0.134. The monoisotopic (exact) mass is 257 g/mol. The van der Waals surface area contributed by atoms with Crippen LogP contribution in [-0.4, -0.2) is 23.8 Å². The third-order valence-corrected chi connectivity index (χ3v) is 2.54. The molecule has 0 aromatic carbocycles. The molecule has 1 heterocycles. The normalized spacial score (nSPS) is 11.7. The molecule has 0 fully saturated rings. The molecule has 1 aromatic heterocycles. The summed E-state index contributed by atoms with van der Waals surface area (Å²) in [5.74, 6) is -0.541. The molecule has 17 heavy (non-hydrogen) atoms. The maximum Gasteiger partial charge on any atom is 0.352 e. The number of thiazole rings is 1. The van der Waals surface area contributed by atoms with E-state index in [0.717, 1.165) is 6.21 Å². The van der Waals surface area contributed by atoms with Gasteiger partial charge in [0.15, 0.2) is 16.9 Å². The summed E-state index contributed by atoms with van der Waals surface area (Å²) in [6.07, 6.45) is 0.987. The van der Waals surface area contributed by atoms with E-state index in [1.165, 1.54) is 11.3 Å².